The highest BCUT2D eigenvalue weighted by molar-refractivity contribution is 7.89. The van der Waals surface area contributed by atoms with E-state index in [1.165, 1.54) is 22.5 Å². The molecular formula is C20H23ClN2O5S. The number of ether oxygens (including phenoxy) is 2. The summed E-state index contributed by atoms with van der Waals surface area (Å²) in [4.78, 5) is 12.7. The minimum atomic E-state index is -3.71. The largest absolute Gasteiger partial charge is 0.494 e. The lowest BCUT2D eigenvalue weighted by Crippen LogP contribution is -2.40. The van der Waals surface area contributed by atoms with E-state index in [1.807, 2.05) is 31.2 Å². The molecule has 1 amide bonds. The molecule has 0 aliphatic carbocycles. The summed E-state index contributed by atoms with van der Waals surface area (Å²) in [7, 11) is -3.71. The van der Waals surface area contributed by atoms with Crippen molar-refractivity contribution in [2.75, 3.05) is 32.9 Å². The smallest absolute Gasteiger partial charge is 0.253 e. The van der Waals surface area contributed by atoms with Gasteiger partial charge in [-0.15, -0.1) is 0 Å². The van der Waals surface area contributed by atoms with Crippen LogP contribution in [0.25, 0.3) is 0 Å². The van der Waals surface area contributed by atoms with Crippen LogP contribution in [0.4, 0.5) is 0 Å². The molecule has 0 spiro atoms. The van der Waals surface area contributed by atoms with Crippen molar-refractivity contribution in [3.05, 3.63) is 58.6 Å². The molecule has 0 saturated carbocycles. The van der Waals surface area contributed by atoms with Gasteiger partial charge < -0.3 is 14.8 Å². The summed E-state index contributed by atoms with van der Waals surface area (Å²) >= 11 is 6.16. The van der Waals surface area contributed by atoms with Crippen LogP contribution in [0.2, 0.25) is 5.02 Å². The highest BCUT2D eigenvalue weighted by atomic mass is 35.5. The number of hydrogen-bond donors (Lipinski definition) is 1. The molecule has 0 radical (unpaired) electrons. The van der Waals surface area contributed by atoms with Gasteiger partial charge in [0.2, 0.25) is 10.0 Å². The molecule has 156 valence electrons. The quantitative estimate of drug-likeness (QED) is 0.718. The zero-order chi connectivity index (χ0) is 20.9. The number of sulfonamides is 1. The lowest BCUT2D eigenvalue weighted by molar-refractivity contribution is 0.0730. The minimum Gasteiger partial charge on any atom is -0.494 e. The van der Waals surface area contributed by atoms with E-state index in [0.717, 1.165) is 11.3 Å². The van der Waals surface area contributed by atoms with Gasteiger partial charge in [0.15, 0.2) is 0 Å². The number of hydrogen-bond acceptors (Lipinski definition) is 5. The Morgan fingerprint density at radius 3 is 2.52 bits per heavy atom. The minimum absolute atomic E-state index is 0.0371. The number of carbonyl (C=O) groups is 1. The number of nitrogens with one attached hydrogen (secondary N) is 1. The van der Waals surface area contributed by atoms with Gasteiger partial charge in [-0.05, 0) is 42.8 Å². The summed E-state index contributed by atoms with van der Waals surface area (Å²) in [6.45, 7) is 4.03. The summed E-state index contributed by atoms with van der Waals surface area (Å²) in [6, 6.07) is 11.5. The highest BCUT2D eigenvalue weighted by Crippen LogP contribution is 2.24. The van der Waals surface area contributed by atoms with Crippen LogP contribution >= 0.6 is 11.6 Å². The number of amides is 1. The first kappa shape index (κ1) is 21.6. The van der Waals surface area contributed by atoms with Crippen LogP contribution in [0.15, 0.2) is 47.4 Å². The van der Waals surface area contributed by atoms with Crippen LogP contribution in [0.1, 0.15) is 22.8 Å². The number of rotatable bonds is 7. The molecule has 9 heteroatoms. The first-order chi connectivity index (χ1) is 13.9. The Balaban J connectivity index is 1.72. The van der Waals surface area contributed by atoms with E-state index < -0.39 is 15.9 Å². The predicted octanol–water partition coefficient (Wildman–Crippen LogP) is 2.69. The topological polar surface area (TPSA) is 84.9 Å². The van der Waals surface area contributed by atoms with Gasteiger partial charge in [-0.25, -0.2) is 8.42 Å². The van der Waals surface area contributed by atoms with Gasteiger partial charge in [0, 0.05) is 19.6 Å². The lowest BCUT2D eigenvalue weighted by Gasteiger charge is -2.26. The Morgan fingerprint density at radius 1 is 1.17 bits per heavy atom. The highest BCUT2D eigenvalue weighted by Gasteiger charge is 2.27. The maximum Gasteiger partial charge on any atom is 0.253 e. The van der Waals surface area contributed by atoms with Crippen LogP contribution in [0.3, 0.4) is 0 Å². The SMILES string of the molecule is CCOc1ccc(CNC(=O)c2cc(S(=O)(=O)N3CCOCC3)ccc2Cl)cc1. The molecule has 1 fully saturated rings. The van der Waals surface area contributed by atoms with Crippen molar-refractivity contribution in [1.29, 1.82) is 0 Å². The van der Waals surface area contributed by atoms with E-state index in [-0.39, 0.29) is 35.1 Å². The summed E-state index contributed by atoms with van der Waals surface area (Å²) in [5, 5.41) is 2.96. The summed E-state index contributed by atoms with van der Waals surface area (Å²) in [5.41, 5.74) is 1.00. The Bertz CT molecular complexity index is 957. The van der Waals surface area contributed by atoms with Crippen molar-refractivity contribution in [3.63, 3.8) is 0 Å². The molecule has 0 bridgehead atoms. The second-order valence-corrected chi connectivity index (χ2v) is 8.76. The number of morpholine rings is 1. The summed E-state index contributed by atoms with van der Waals surface area (Å²) < 4.78 is 37.6. The molecule has 1 aliphatic rings. The van der Waals surface area contributed by atoms with E-state index in [1.54, 1.807) is 0 Å². The fourth-order valence-electron chi connectivity index (χ4n) is 2.92. The van der Waals surface area contributed by atoms with Crippen LogP contribution in [0, 0.1) is 0 Å². The molecule has 2 aromatic carbocycles. The monoisotopic (exact) mass is 438 g/mol. The van der Waals surface area contributed by atoms with E-state index in [4.69, 9.17) is 21.1 Å². The molecule has 1 aliphatic heterocycles. The van der Waals surface area contributed by atoms with Crippen molar-refractivity contribution in [3.8, 4) is 5.75 Å². The number of halogens is 1. The third-order valence-corrected chi connectivity index (χ3v) is 6.70. The first-order valence-electron chi connectivity index (χ1n) is 9.29. The Kier molecular flexibility index (Phi) is 7.13. The van der Waals surface area contributed by atoms with Gasteiger partial charge in [0.25, 0.3) is 5.91 Å². The molecule has 0 aromatic heterocycles. The predicted molar refractivity (Wildman–Crippen MR) is 110 cm³/mol. The molecule has 0 unspecified atom stereocenters. The molecule has 1 saturated heterocycles. The molecule has 2 aromatic rings. The van der Waals surface area contributed by atoms with Crippen LogP contribution in [-0.4, -0.2) is 51.5 Å². The number of nitrogens with zero attached hydrogens (tertiary/aromatic N) is 1. The van der Waals surface area contributed by atoms with Crippen LogP contribution < -0.4 is 10.1 Å². The Hall–Kier alpha value is -2.13. The maximum absolute atomic E-state index is 12.8. The average Bonchev–Trinajstić information content (AvgIpc) is 2.74. The molecule has 1 N–H and O–H groups in total. The average molecular weight is 439 g/mol. The van der Waals surface area contributed by atoms with E-state index in [0.29, 0.717) is 19.8 Å². The standard InChI is InChI=1S/C20H23ClN2O5S/c1-2-28-16-5-3-15(4-6-16)14-22-20(24)18-13-17(7-8-19(18)21)29(25,26)23-9-11-27-12-10-23/h3-8,13H,2,9-12,14H2,1H3,(H,22,24). The van der Waals surface area contributed by atoms with Crippen molar-refractivity contribution in [1.82, 2.24) is 9.62 Å². The molecule has 7 nitrogen and oxygen atoms in total. The van der Waals surface area contributed by atoms with Crippen LogP contribution in [0.5, 0.6) is 5.75 Å². The van der Waals surface area contributed by atoms with E-state index in [2.05, 4.69) is 5.32 Å². The van der Waals surface area contributed by atoms with Gasteiger partial charge in [-0.3, -0.25) is 4.79 Å². The van der Waals surface area contributed by atoms with E-state index >= 15 is 0 Å². The third-order valence-electron chi connectivity index (χ3n) is 4.48. The van der Waals surface area contributed by atoms with Gasteiger partial charge in [0.1, 0.15) is 5.75 Å². The normalized spacial score (nSPS) is 15.1. The molecule has 1 heterocycles. The molecule has 0 atom stereocenters. The van der Waals surface area contributed by atoms with Crippen molar-refractivity contribution in [2.45, 2.75) is 18.4 Å². The Morgan fingerprint density at radius 2 is 1.86 bits per heavy atom. The summed E-state index contributed by atoms with van der Waals surface area (Å²) in [6.07, 6.45) is 0. The van der Waals surface area contributed by atoms with Crippen molar-refractivity contribution >= 4 is 27.5 Å². The zero-order valence-electron chi connectivity index (χ0n) is 16.1. The second kappa shape index (κ2) is 9.58. The fourth-order valence-corrected chi connectivity index (χ4v) is 4.56. The lowest BCUT2D eigenvalue weighted by atomic mass is 10.2. The number of carbonyl (C=O) groups excluding carboxylic acids is 1. The number of benzene rings is 2. The molecular weight excluding hydrogens is 416 g/mol. The van der Waals surface area contributed by atoms with Crippen molar-refractivity contribution in [2.24, 2.45) is 0 Å². The maximum atomic E-state index is 12.8. The van der Waals surface area contributed by atoms with Crippen LogP contribution in [-0.2, 0) is 21.3 Å². The Labute approximate surface area is 175 Å². The second-order valence-electron chi connectivity index (χ2n) is 6.42. The fraction of sp³-hybridized carbons (Fsp3) is 0.350. The zero-order valence-corrected chi connectivity index (χ0v) is 17.6. The van der Waals surface area contributed by atoms with Crippen molar-refractivity contribution < 1.29 is 22.7 Å². The van der Waals surface area contributed by atoms with Gasteiger partial charge in [-0.1, -0.05) is 23.7 Å². The van der Waals surface area contributed by atoms with E-state index in [9.17, 15) is 13.2 Å². The first-order valence-corrected chi connectivity index (χ1v) is 11.1. The van der Waals surface area contributed by atoms with Gasteiger partial charge in [0.05, 0.1) is 35.3 Å². The molecule has 3 rings (SSSR count). The molecule has 29 heavy (non-hydrogen) atoms. The van der Waals surface area contributed by atoms with Gasteiger partial charge >= 0.3 is 0 Å². The summed E-state index contributed by atoms with van der Waals surface area (Å²) in [5.74, 6) is 0.314. The third kappa shape index (κ3) is 5.27. The van der Waals surface area contributed by atoms with Gasteiger partial charge in [-0.2, -0.15) is 4.31 Å².